The Kier molecular flexibility index (Phi) is 6.65. The van der Waals surface area contributed by atoms with Crippen molar-refractivity contribution in [2.75, 3.05) is 18.6 Å². The number of aliphatic carboxylic acids is 1. The molecule has 0 aliphatic heterocycles. The number of thioether (sulfide) groups is 1. The normalized spacial score (nSPS) is 24.8. The van der Waals surface area contributed by atoms with Gasteiger partial charge in [-0.1, -0.05) is 6.92 Å². The third kappa shape index (κ3) is 5.40. The predicted octanol–water partition coefficient (Wildman–Crippen LogP) is 1.17. The maximum Gasteiger partial charge on any atom is 0.321 e. The molecule has 1 atom stereocenters. The second kappa shape index (κ2) is 7.75. The van der Waals surface area contributed by atoms with Crippen LogP contribution in [-0.4, -0.2) is 52.5 Å². The van der Waals surface area contributed by atoms with Gasteiger partial charge in [0.2, 0.25) is 5.91 Å². The lowest BCUT2D eigenvalue weighted by molar-refractivity contribution is -0.138. The van der Waals surface area contributed by atoms with E-state index in [0.29, 0.717) is 11.8 Å². The van der Waals surface area contributed by atoms with Crippen LogP contribution in [-0.2, 0) is 9.59 Å². The van der Waals surface area contributed by atoms with E-state index >= 15 is 0 Å². The van der Waals surface area contributed by atoms with Gasteiger partial charge in [0, 0.05) is 18.8 Å². The molecule has 0 spiro atoms. The highest BCUT2D eigenvalue weighted by Crippen LogP contribution is 2.26. The van der Waals surface area contributed by atoms with Crippen molar-refractivity contribution in [2.24, 2.45) is 11.7 Å². The molecule has 5 nitrogen and oxygen atoms in total. The SMILES string of the molecule is CC1CCC(N(C)C(=O)CSCC(N)C(=O)O)CC1. The molecule has 1 rings (SSSR count). The lowest BCUT2D eigenvalue weighted by atomic mass is 9.87. The Labute approximate surface area is 118 Å². The standard InChI is InChI=1S/C13H24N2O3S/c1-9-3-5-10(6-4-9)15(2)12(16)8-19-7-11(14)13(17)18/h9-11H,3-8,14H2,1-2H3,(H,17,18). The summed E-state index contributed by atoms with van der Waals surface area (Å²) < 4.78 is 0. The van der Waals surface area contributed by atoms with Crippen LogP contribution in [0.15, 0.2) is 0 Å². The van der Waals surface area contributed by atoms with Gasteiger partial charge in [-0.15, -0.1) is 11.8 Å². The minimum Gasteiger partial charge on any atom is -0.480 e. The van der Waals surface area contributed by atoms with Gasteiger partial charge in [0.1, 0.15) is 6.04 Å². The van der Waals surface area contributed by atoms with Gasteiger partial charge < -0.3 is 15.7 Å². The largest absolute Gasteiger partial charge is 0.480 e. The van der Waals surface area contributed by atoms with E-state index in [9.17, 15) is 9.59 Å². The molecular weight excluding hydrogens is 264 g/mol. The maximum atomic E-state index is 12.0. The van der Waals surface area contributed by atoms with Crippen molar-refractivity contribution in [2.45, 2.75) is 44.7 Å². The molecule has 1 aliphatic rings. The molecule has 0 saturated heterocycles. The van der Waals surface area contributed by atoms with Gasteiger partial charge in [-0.05, 0) is 31.6 Å². The van der Waals surface area contributed by atoms with Crippen LogP contribution in [0.2, 0.25) is 0 Å². The van der Waals surface area contributed by atoms with Gasteiger partial charge in [-0.3, -0.25) is 9.59 Å². The first-order valence-corrected chi connectivity index (χ1v) is 7.89. The van der Waals surface area contributed by atoms with Crippen molar-refractivity contribution in [3.8, 4) is 0 Å². The monoisotopic (exact) mass is 288 g/mol. The first-order chi connectivity index (χ1) is 8.91. The van der Waals surface area contributed by atoms with Crippen LogP contribution in [0, 0.1) is 5.92 Å². The maximum absolute atomic E-state index is 12.0. The molecule has 1 fully saturated rings. The van der Waals surface area contributed by atoms with Gasteiger partial charge in [0.25, 0.3) is 0 Å². The number of amides is 1. The third-order valence-electron chi connectivity index (χ3n) is 3.77. The summed E-state index contributed by atoms with van der Waals surface area (Å²) in [5, 5.41) is 8.65. The van der Waals surface area contributed by atoms with Gasteiger partial charge in [0.15, 0.2) is 0 Å². The second-order valence-corrected chi connectivity index (χ2v) is 6.41. The number of carbonyl (C=O) groups is 2. The van der Waals surface area contributed by atoms with E-state index in [2.05, 4.69) is 6.92 Å². The number of carbonyl (C=O) groups excluding carboxylic acids is 1. The summed E-state index contributed by atoms with van der Waals surface area (Å²) in [6.07, 6.45) is 4.50. The Morgan fingerprint density at radius 3 is 2.47 bits per heavy atom. The van der Waals surface area contributed by atoms with E-state index in [-0.39, 0.29) is 11.7 Å². The van der Waals surface area contributed by atoms with Gasteiger partial charge in [-0.25, -0.2) is 0 Å². The highest BCUT2D eigenvalue weighted by atomic mass is 32.2. The molecule has 19 heavy (non-hydrogen) atoms. The zero-order valence-electron chi connectivity index (χ0n) is 11.7. The van der Waals surface area contributed by atoms with E-state index in [0.717, 1.165) is 18.8 Å². The number of rotatable bonds is 6. The number of nitrogens with zero attached hydrogens (tertiary/aromatic N) is 1. The fraction of sp³-hybridized carbons (Fsp3) is 0.846. The molecule has 1 amide bonds. The van der Waals surface area contributed by atoms with Crippen molar-refractivity contribution in [1.82, 2.24) is 4.90 Å². The number of nitrogens with two attached hydrogens (primary N) is 1. The number of carboxylic acid groups (broad SMARTS) is 1. The van der Waals surface area contributed by atoms with Crippen molar-refractivity contribution in [3.05, 3.63) is 0 Å². The minimum atomic E-state index is -1.02. The molecule has 0 aromatic rings. The molecule has 0 aromatic carbocycles. The average molecular weight is 288 g/mol. The first-order valence-electron chi connectivity index (χ1n) is 6.73. The first kappa shape index (κ1) is 16.3. The topological polar surface area (TPSA) is 83.6 Å². The molecule has 0 bridgehead atoms. The fourth-order valence-electron chi connectivity index (χ4n) is 2.28. The molecule has 1 aliphatic carbocycles. The van der Waals surface area contributed by atoms with Crippen molar-refractivity contribution in [1.29, 1.82) is 0 Å². The van der Waals surface area contributed by atoms with Gasteiger partial charge >= 0.3 is 5.97 Å². The Morgan fingerprint density at radius 1 is 1.37 bits per heavy atom. The molecular formula is C13H24N2O3S. The molecule has 0 aromatic heterocycles. The molecule has 0 radical (unpaired) electrons. The lowest BCUT2D eigenvalue weighted by Crippen LogP contribution is -2.40. The summed E-state index contributed by atoms with van der Waals surface area (Å²) >= 11 is 1.29. The fourth-order valence-corrected chi connectivity index (χ4v) is 3.17. The number of hydrogen-bond donors (Lipinski definition) is 2. The summed E-state index contributed by atoms with van der Waals surface area (Å²) in [4.78, 5) is 24.4. The van der Waals surface area contributed by atoms with Crippen molar-refractivity contribution in [3.63, 3.8) is 0 Å². The molecule has 110 valence electrons. The summed E-state index contributed by atoms with van der Waals surface area (Å²) in [7, 11) is 1.85. The second-order valence-electron chi connectivity index (χ2n) is 5.38. The quantitative estimate of drug-likeness (QED) is 0.766. The van der Waals surface area contributed by atoms with Gasteiger partial charge in [-0.2, -0.15) is 0 Å². The Hall–Kier alpha value is -0.750. The van der Waals surface area contributed by atoms with Crippen LogP contribution >= 0.6 is 11.8 Å². The smallest absolute Gasteiger partial charge is 0.321 e. The molecule has 1 unspecified atom stereocenters. The lowest BCUT2D eigenvalue weighted by Gasteiger charge is -2.33. The highest BCUT2D eigenvalue weighted by Gasteiger charge is 2.24. The Balaban J connectivity index is 2.27. The van der Waals surface area contributed by atoms with Gasteiger partial charge in [0.05, 0.1) is 5.75 Å². The van der Waals surface area contributed by atoms with E-state index in [1.54, 1.807) is 0 Å². The minimum absolute atomic E-state index is 0.0714. The number of hydrogen-bond acceptors (Lipinski definition) is 4. The summed E-state index contributed by atoms with van der Waals surface area (Å²) in [5.74, 6) is 0.402. The summed E-state index contributed by atoms with van der Waals surface area (Å²) in [6, 6.07) is -0.545. The summed E-state index contributed by atoms with van der Waals surface area (Å²) in [5.41, 5.74) is 5.39. The molecule has 3 N–H and O–H groups in total. The Bertz CT molecular complexity index is 317. The predicted molar refractivity (Wildman–Crippen MR) is 77.1 cm³/mol. The Morgan fingerprint density at radius 2 is 1.95 bits per heavy atom. The van der Waals surface area contributed by atoms with E-state index in [1.165, 1.54) is 24.6 Å². The van der Waals surface area contributed by atoms with Crippen LogP contribution in [0.3, 0.4) is 0 Å². The number of carboxylic acids is 1. The highest BCUT2D eigenvalue weighted by molar-refractivity contribution is 8.00. The van der Waals surface area contributed by atoms with Crippen LogP contribution in [0.1, 0.15) is 32.6 Å². The van der Waals surface area contributed by atoms with Crippen LogP contribution in [0.5, 0.6) is 0 Å². The zero-order valence-corrected chi connectivity index (χ0v) is 12.5. The molecule has 0 heterocycles. The molecule has 1 saturated carbocycles. The van der Waals surface area contributed by atoms with Crippen LogP contribution in [0.4, 0.5) is 0 Å². The van der Waals surface area contributed by atoms with E-state index in [1.807, 2.05) is 11.9 Å². The third-order valence-corrected chi connectivity index (χ3v) is 4.81. The van der Waals surface area contributed by atoms with Crippen molar-refractivity contribution < 1.29 is 14.7 Å². The van der Waals surface area contributed by atoms with E-state index in [4.69, 9.17) is 10.8 Å². The van der Waals surface area contributed by atoms with Crippen LogP contribution < -0.4 is 5.73 Å². The molecule has 6 heteroatoms. The van der Waals surface area contributed by atoms with Crippen molar-refractivity contribution >= 4 is 23.6 Å². The van der Waals surface area contributed by atoms with Crippen LogP contribution in [0.25, 0.3) is 0 Å². The van der Waals surface area contributed by atoms with E-state index < -0.39 is 12.0 Å². The average Bonchev–Trinajstić information content (AvgIpc) is 2.38. The summed E-state index contributed by atoms with van der Waals surface area (Å²) in [6.45, 7) is 2.25. The zero-order chi connectivity index (χ0) is 14.4.